The fourth-order valence-corrected chi connectivity index (χ4v) is 6.69. The van der Waals surface area contributed by atoms with E-state index in [1.807, 2.05) is 6.07 Å². The Labute approximate surface area is 203 Å². The van der Waals surface area contributed by atoms with Gasteiger partial charge in [-0.05, 0) is 67.1 Å². The molecule has 1 unspecified atom stereocenters. The molecule has 0 radical (unpaired) electrons. The van der Waals surface area contributed by atoms with Gasteiger partial charge in [0.05, 0.1) is 16.1 Å². The molecule has 1 aromatic heterocycles. The number of nitrogens with one attached hydrogen (secondary N) is 2. The van der Waals surface area contributed by atoms with Crippen molar-refractivity contribution >= 4 is 43.9 Å². The van der Waals surface area contributed by atoms with E-state index in [9.17, 15) is 18.0 Å². The summed E-state index contributed by atoms with van der Waals surface area (Å²) < 4.78 is 27.2. The Hall–Kier alpha value is -3.17. The van der Waals surface area contributed by atoms with Gasteiger partial charge in [-0.15, -0.1) is 11.3 Å². The third-order valence-electron chi connectivity index (χ3n) is 6.09. The van der Waals surface area contributed by atoms with Gasteiger partial charge in [-0.3, -0.25) is 13.9 Å². The Kier molecular flexibility index (Phi) is 6.77. The van der Waals surface area contributed by atoms with Gasteiger partial charge in [0.25, 0.3) is 21.8 Å². The monoisotopic (exact) mass is 497 g/mol. The number of sulfonamides is 1. The molecule has 0 bridgehead atoms. The van der Waals surface area contributed by atoms with E-state index in [4.69, 9.17) is 0 Å². The molecule has 9 heteroatoms. The van der Waals surface area contributed by atoms with Crippen molar-refractivity contribution in [1.82, 2.24) is 5.32 Å². The molecule has 0 saturated heterocycles. The number of benzene rings is 2. The first-order valence-corrected chi connectivity index (χ1v) is 13.3. The lowest BCUT2D eigenvalue weighted by atomic mass is 9.88. The number of hydrogen-bond donors (Lipinski definition) is 2. The van der Waals surface area contributed by atoms with Crippen LogP contribution < -0.4 is 14.9 Å². The van der Waals surface area contributed by atoms with Gasteiger partial charge in [-0.25, -0.2) is 8.42 Å². The Balaban J connectivity index is 1.57. The molecule has 1 heterocycles. The molecule has 2 N–H and O–H groups in total. The number of carbonyl (C=O) groups excluding carboxylic acids is 2. The van der Waals surface area contributed by atoms with Crippen LogP contribution in [0.2, 0.25) is 0 Å². The van der Waals surface area contributed by atoms with Crippen LogP contribution in [0.5, 0.6) is 0 Å². The molecular weight excluding hydrogens is 470 g/mol. The van der Waals surface area contributed by atoms with E-state index in [0.29, 0.717) is 27.7 Å². The summed E-state index contributed by atoms with van der Waals surface area (Å²) >= 11 is 1.45. The minimum absolute atomic E-state index is 0.0852. The maximum Gasteiger partial charge on any atom is 0.264 e. The van der Waals surface area contributed by atoms with Crippen molar-refractivity contribution in [2.45, 2.75) is 31.1 Å². The van der Waals surface area contributed by atoms with Gasteiger partial charge in [0.15, 0.2) is 0 Å². The van der Waals surface area contributed by atoms with Gasteiger partial charge in [0, 0.05) is 24.5 Å². The van der Waals surface area contributed by atoms with Crippen molar-refractivity contribution in [3.05, 3.63) is 76.2 Å². The van der Waals surface area contributed by atoms with E-state index < -0.39 is 15.9 Å². The normalized spacial score (nSPS) is 15.3. The number of anilines is 2. The van der Waals surface area contributed by atoms with Crippen LogP contribution >= 0.6 is 11.3 Å². The summed E-state index contributed by atoms with van der Waals surface area (Å²) in [5, 5.41) is 6.09. The Morgan fingerprint density at radius 1 is 1.03 bits per heavy atom. The van der Waals surface area contributed by atoms with E-state index in [-0.39, 0.29) is 10.8 Å². The van der Waals surface area contributed by atoms with E-state index in [2.05, 4.69) is 17.6 Å². The van der Waals surface area contributed by atoms with Crippen LogP contribution in [-0.4, -0.2) is 34.3 Å². The first-order valence-electron chi connectivity index (χ1n) is 11.0. The highest BCUT2D eigenvalue weighted by molar-refractivity contribution is 7.92. The average molecular weight is 498 g/mol. The highest BCUT2D eigenvalue weighted by Gasteiger charge is 2.28. The standard InChI is InChI=1S/C25H27N3O4S2/c1-16-9-14-20-21(15-16)33-25(22(20)24(30)26-2)27-23(29)17-10-12-19(13-11-17)34(31,32)28(3)18-7-5-4-6-8-18/h4-8,10-13,16H,9,14-15H2,1-3H3,(H,26,30)(H,27,29). The molecule has 7 nitrogen and oxygen atoms in total. The highest BCUT2D eigenvalue weighted by Crippen LogP contribution is 2.39. The van der Waals surface area contributed by atoms with E-state index in [0.717, 1.165) is 29.7 Å². The number of rotatable bonds is 6. The number of fused-ring (bicyclic) bond motifs is 1. The maximum absolute atomic E-state index is 13.0. The molecule has 178 valence electrons. The summed E-state index contributed by atoms with van der Waals surface area (Å²) in [5.41, 5.74) is 2.40. The molecule has 0 spiro atoms. The zero-order valence-corrected chi connectivity index (χ0v) is 20.9. The second-order valence-electron chi connectivity index (χ2n) is 8.42. The lowest BCUT2D eigenvalue weighted by molar-refractivity contribution is 0.0963. The average Bonchev–Trinajstić information content (AvgIpc) is 3.20. The molecule has 0 fully saturated rings. The summed E-state index contributed by atoms with van der Waals surface area (Å²) in [4.78, 5) is 26.8. The summed E-state index contributed by atoms with van der Waals surface area (Å²) in [6.45, 7) is 2.19. The Bertz CT molecular complexity index is 1320. The largest absolute Gasteiger partial charge is 0.355 e. The number of carbonyl (C=O) groups is 2. The number of hydrogen-bond acceptors (Lipinski definition) is 5. The smallest absolute Gasteiger partial charge is 0.264 e. The number of amides is 2. The molecule has 0 saturated carbocycles. The van der Waals surface area contributed by atoms with Crippen molar-refractivity contribution in [2.24, 2.45) is 5.92 Å². The Morgan fingerprint density at radius 3 is 2.35 bits per heavy atom. The van der Waals surface area contributed by atoms with Crippen molar-refractivity contribution < 1.29 is 18.0 Å². The second kappa shape index (κ2) is 9.60. The molecule has 2 amide bonds. The maximum atomic E-state index is 13.0. The fourth-order valence-electron chi connectivity index (χ4n) is 4.09. The van der Waals surface area contributed by atoms with Gasteiger partial charge in [0.2, 0.25) is 0 Å². The minimum atomic E-state index is -3.77. The van der Waals surface area contributed by atoms with Gasteiger partial charge in [-0.1, -0.05) is 25.1 Å². The van der Waals surface area contributed by atoms with Crippen molar-refractivity contribution in [3.63, 3.8) is 0 Å². The first kappa shape index (κ1) is 24.0. The van der Waals surface area contributed by atoms with E-state index >= 15 is 0 Å². The molecule has 2 aromatic carbocycles. The topological polar surface area (TPSA) is 95.6 Å². The van der Waals surface area contributed by atoms with Crippen molar-refractivity contribution in [1.29, 1.82) is 0 Å². The zero-order valence-electron chi connectivity index (χ0n) is 19.3. The van der Waals surface area contributed by atoms with Crippen molar-refractivity contribution in [2.75, 3.05) is 23.7 Å². The summed E-state index contributed by atoms with van der Waals surface area (Å²) in [6.07, 6.45) is 2.71. The molecule has 1 aliphatic rings. The molecule has 1 atom stereocenters. The Morgan fingerprint density at radius 2 is 1.71 bits per heavy atom. The van der Waals surface area contributed by atoms with Crippen molar-refractivity contribution in [3.8, 4) is 0 Å². The lowest BCUT2D eigenvalue weighted by Gasteiger charge is -2.19. The summed E-state index contributed by atoms with van der Waals surface area (Å²) in [6, 6.07) is 14.6. The molecule has 1 aliphatic carbocycles. The first-order chi connectivity index (χ1) is 16.2. The van der Waals surface area contributed by atoms with Crippen LogP contribution in [-0.2, 0) is 22.9 Å². The zero-order chi connectivity index (χ0) is 24.5. The molecule has 0 aliphatic heterocycles. The SMILES string of the molecule is CNC(=O)c1c(NC(=O)c2ccc(S(=O)(=O)N(C)c3ccccc3)cc2)sc2c1CCC(C)C2. The van der Waals surface area contributed by atoms with E-state index in [1.54, 1.807) is 31.3 Å². The number of nitrogens with zero attached hydrogens (tertiary/aromatic N) is 1. The fraction of sp³-hybridized carbons (Fsp3) is 0.280. The quantitative estimate of drug-likeness (QED) is 0.531. The van der Waals surface area contributed by atoms with Crippen LogP contribution in [0.1, 0.15) is 44.5 Å². The third-order valence-corrected chi connectivity index (χ3v) is 9.06. The van der Waals surface area contributed by atoms with Crippen LogP contribution in [0, 0.1) is 5.92 Å². The van der Waals surface area contributed by atoms with E-state index in [1.165, 1.54) is 47.0 Å². The van der Waals surface area contributed by atoms with Gasteiger partial charge in [-0.2, -0.15) is 0 Å². The second-order valence-corrected chi connectivity index (χ2v) is 11.5. The van der Waals surface area contributed by atoms with Gasteiger partial charge >= 0.3 is 0 Å². The van der Waals surface area contributed by atoms with Crippen LogP contribution in [0.15, 0.2) is 59.5 Å². The van der Waals surface area contributed by atoms with Crippen LogP contribution in [0.4, 0.5) is 10.7 Å². The van der Waals surface area contributed by atoms with Gasteiger partial charge in [0.1, 0.15) is 5.00 Å². The lowest BCUT2D eigenvalue weighted by Crippen LogP contribution is -2.26. The molecule has 3 aromatic rings. The van der Waals surface area contributed by atoms with Gasteiger partial charge < -0.3 is 10.6 Å². The number of para-hydroxylation sites is 1. The summed E-state index contributed by atoms with van der Waals surface area (Å²) in [5.74, 6) is -0.0688. The highest BCUT2D eigenvalue weighted by atomic mass is 32.2. The van der Waals surface area contributed by atoms with Crippen LogP contribution in [0.3, 0.4) is 0 Å². The molecular formula is C25H27N3O4S2. The predicted molar refractivity (Wildman–Crippen MR) is 135 cm³/mol. The summed E-state index contributed by atoms with van der Waals surface area (Å²) in [7, 11) is -0.702. The van der Waals surface area contributed by atoms with Crippen LogP contribution in [0.25, 0.3) is 0 Å². The predicted octanol–water partition coefficient (Wildman–Crippen LogP) is 4.31. The molecule has 4 rings (SSSR count). The minimum Gasteiger partial charge on any atom is -0.355 e. The third kappa shape index (κ3) is 4.58. The number of thiophene rings is 1. The molecule has 34 heavy (non-hydrogen) atoms.